The molecule has 0 radical (unpaired) electrons. The minimum absolute atomic E-state index is 0.464. The van der Waals surface area contributed by atoms with Crippen LogP contribution in [0, 0.1) is 11.3 Å². The maximum Gasteiger partial charge on any atom is 0.138 e. The smallest absolute Gasteiger partial charge is 0.138 e. The second kappa shape index (κ2) is 5.41. The summed E-state index contributed by atoms with van der Waals surface area (Å²) in [5.74, 6) is 0.744. The van der Waals surface area contributed by atoms with E-state index >= 15 is 0 Å². The van der Waals surface area contributed by atoms with Gasteiger partial charge in [-0.05, 0) is 29.8 Å². The molecule has 0 fully saturated rings. The van der Waals surface area contributed by atoms with E-state index in [2.05, 4.69) is 11.1 Å². The van der Waals surface area contributed by atoms with Crippen molar-refractivity contribution in [2.45, 2.75) is 6.61 Å². The Morgan fingerprint density at radius 3 is 2.65 bits per heavy atom. The van der Waals surface area contributed by atoms with Crippen molar-refractivity contribution in [3.8, 4) is 11.8 Å². The van der Waals surface area contributed by atoms with Crippen LogP contribution in [0.15, 0.2) is 60.8 Å². The number of rotatable bonds is 3. The van der Waals surface area contributed by atoms with E-state index in [1.807, 2.05) is 42.5 Å². The van der Waals surface area contributed by atoms with Crippen LogP contribution in [0.2, 0.25) is 0 Å². The van der Waals surface area contributed by atoms with Crippen LogP contribution in [0.25, 0.3) is 10.9 Å². The highest BCUT2D eigenvalue weighted by Crippen LogP contribution is 2.19. The van der Waals surface area contributed by atoms with Gasteiger partial charge in [-0.2, -0.15) is 5.26 Å². The third kappa shape index (κ3) is 2.60. The molecule has 0 atom stereocenters. The molecule has 0 saturated heterocycles. The number of hydrogen-bond acceptors (Lipinski definition) is 3. The third-order valence-corrected chi connectivity index (χ3v) is 3.05. The molecule has 3 aromatic rings. The second-order valence-electron chi connectivity index (χ2n) is 4.46. The van der Waals surface area contributed by atoms with Crippen molar-refractivity contribution in [2.75, 3.05) is 0 Å². The molecule has 0 aliphatic heterocycles. The number of pyridine rings is 1. The Kier molecular flexibility index (Phi) is 3.30. The van der Waals surface area contributed by atoms with Crippen molar-refractivity contribution in [3.05, 3.63) is 71.9 Å². The fraction of sp³-hybridized carbons (Fsp3) is 0.0588. The first-order valence-electron chi connectivity index (χ1n) is 6.32. The molecule has 20 heavy (non-hydrogen) atoms. The molecule has 0 amide bonds. The summed E-state index contributed by atoms with van der Waals surface area (Å²) in [4.78, 5) is 4.35. The van der Waals surface area contributed by atoms with E-state index in [9.17, 15) is 0 Å². The lowest BCUT2D eigenvalue weighted by Gasteiger charge is -2.07. The average Bonchev–Trinajstić information content (AvgIpc) is 2.53. The minimum atomic E-state index is 0.464. The molecule has 1 heterocycles. The SMILES string of the molecule is N#Cc1ccc(COc2cnc3ccccc3c2)cc1. The molecule has 1 aromatic heterocycles. The highest BCUT2D eigenvalue weighted by molar-refractivity contribution is 5.79. The zero-order valence-electron chi connectivity index (χ0n) is 10.8. The number of aromatic nitrogens is 1. The lowest BCUT2D eigenvalue weighted by atomic mass is 10.1. The second-order valence-corrected chi connectivity index (χ2v) is 4.46. The van der Waals surface area contributed by atoms with Crippen molar-refractivity contribution in [2.24, 2.45) is 0 Å². The fourth-order valence-electron chi connectivity index (χ4n) is 1.97. The minimum Gasteiger partial charge on any atom is -0.487 e. The fourth-order valence-corrected chi connectivity index (χ4v) is 1.97. The lowest BCUT2D eigenvalue weighted by molar-refractivity contribution is 0.305. The third-order valence-electron chi connectivity index (χ3n) is 3.05. The normalized spacial score (nSPS) is 10.2. The number of benzene rings is 2. The van der Waals surface area contributed by atoms with Crippen molar-refractivity contribution < 1.29 is 4.74 Å². The van der Waals surface area contributed by atoms with Crippen LogP contribution < -0.4 is 4.74 Å². The average molecular weight is 260 g/mol. The van der Waals surface area contributed by atoms with Gasteiger partial charge in [0.05, 0.1) is 23.3 Å². The Morgan fingerprint density at radius 1 is 1.05 bits per heavy atom. The van der Waals surface area contributed by atoms with Crippen LogP contribution >= 0.6 is 0 Å². The van der Waals surface area contributed by atoms with Gasteiger partial charge in [0.1, 0.15) is 12.4 Å². The van der Waals surface area contributed by atoms with Gasteiger partial charge in [-0.15, -0.1) is 0 Å². The highest BCUT2D eigenvalue weighted by atomic mass is 16.5. The lowest BCUT2D eigenvalue weighted by Crippen LogP contribution is -1.96. The first-order chi connectivity index (χ1) is 9.85. The van der Waals surface area contributed by atoms with Crippen molar-refractivity contribution >= 4 is 10.9 Å². The molecule has 2 aromatic carbocycles. The Hall–Kier alpha value is -2.86. The number of nitrogens with zero attached hydrogens (tertiary/aromatic N) is 2. The van der Waals surface area contributed by atoms with E-state index in [0.717, 1.165) is 22.2 Å². The van der Waals surface area contributed by atoms with Crippen LogP contribution in [0.1, 0.15) is 11.1 Å². The van der Waals surface area contributed by atoms with Gasteiger partial charge in [0.2, 0.25) is 0 Å². The summed E-state index contributed by atoms with van der Waals surface area (Å²) in [5.41, 5.74) is 2.64. The molecule has 0 aliphatic rings. The van der Waals surface area contributed by atoms with E-state index in [1.165, 1.54) is 0 Å². The molecule has 96 valence electrons. The molecule has 0 aliphatic carbocycles. The summed E-state index contributed by atoms with van der Waals surface area (Å²) in [7, 11) is 0. The van der Waals surface area contributed by atoms with Gasteiger partial charge in [0.15, 0.2) is 0 Å². The number of nitriles is 1. The molecule has 0 bridgehead atoms. The van der Waals surface area contributed by atoms with Crippen LogP contribution in [0.3, 0.4) is 0 Å². The van der Waals surface area contributed by atoms with E-state index in [4.69, 9.17) is 10.00 Å². The maximum absolute atomic E-state index is 8.75. The molecule has 0 N–H and O–H groups in total. The number of para-hydroxylation sites is 1. The number of fused-ring (bicyclic) bond motifs is 1. The van der Waals surface area contributed by atoms with Crippen molar-refractivity contribution in [1.82, 2.24) is 4.98 Å². The predicted molar refractivity (Wildman–Crippen MR) is 77.2 cm³/mol. The molecule has 3 nitrogen and oxygen atoms in total. The molecule has 3 rings (SSSR count). The Balaban J connectivity index is 1.74. The predicted octanol–water partition coefficient (Wildman–Crippen LogP) is 3.69. The number of hydrogen-bond donors (Lipinski definition) is 0. The summed E-state index contributed by atoms with van der Waals surface area (Å²) in [6.07, 6.45) is 1.73. The van der Waals surface area contributed by atoms with Crippen LogP contribution in [0.5, 0.6) is 5.75 Å². The van der Waals surface area contributed by atoms with Crippen LogP contribution in [-0.2, 0) is 6.61 Å². The van der Waals surface area contributed by atoms with Gasteiger partial charge in [0.25, 0.3) is 0 Å². The molecular formula is C17H12N2O. The first kappa shape index (κ1) is 12.2. The summed E-state index contributed by atoms with van der Waals surface area (Å²) in [5, 5.41) is 9.81. The van der Waals surface area contributed by atoms with Crippen molar-refractivity contribution in [1.29, 1.82) is 5.26 Å². The zero-order chi connectivity index (χ0) is 13.8. The molecule has 3 heteroatoms. The highest BCUT2D eigenvalue weighted by Gasteiger charge is 1.99. The van der Waals surface area contributed by atoms with E-state index in [-0.39, 0.29) is 0 Å². The molecule has 0 spiro atoms. The van der Waals surface area contributed by atoms with Gasteiger partial charge >= 0.3 is 0 Å². The van der Waals surface area contributed by atoms with Crippen molar-refractivity contribution in [3.63, 3.8) is 0 Å². The monoisotopic (exact) mass is 260 g/mol. The topological polar surface area (TPSA) is 45.9 Å². The van der Waals surface area contributed by atoms with Crippen LogP contribution in [-0.4, -0.2) is 4.98 Å². The van der Waals surface area contributed by atoms with Gasteiger partial charge in [-0.3, -0.25) is 4.98 Å². The molecule has 0 saturated carbocycles. The molecular weight excluding hydrogens is 248 g/mol. The molecule has 0 unspecified atom stereocenters. The Labute approximate surface area is 117 Å². The summed E-state index contributed by atoms with van der Waals surface area (Å²) >= 11 is 0. The summed E-state index contributed by atoms with van der Waals surface area (Å²) in [6, 6.07) is 19.4. The quantitative estimate of drug-likeness (QED) is 0.721. The summed E-state index contributed by atoms with van der Waals surface area (Å²) < 4.78 is 5.73. The van der Waals surface area contributed by atoms with Gasteiger partial charge < -0.3 is 4.74 Å². The zero-order valence-corrected chi connectivity index (χ0v) is 10.8. The largest absolute Gasteiger partial charge is 0.487 e. The van der Waals surface area contributed by atoms with E-state index in [1.54, 1.807) is 18.3 Å². The van der Waals surface area contributed by atoms with E-state index in [0.29, 0.717) is 12.2 Å². The van der Waals surface area contributed by atoms with Gasteiger partial charge in [0, 0.05) is 5.39 Å². The first-order valence-corrected chi connectivity index (χ1v) is 6.32. The Morgan fingerprint density at radius 2 is 1.85 bits per heavy atom. The summed E-state index contributed by atoms with van der Waals surface area (Å²) in [6.45, 7) is 0.464. The van der Waals surface area contributed by atoms with Gasteiger partial charge in [-0.25, -0.2) is 0 Å². The number of ether oxygens (including phenoxy) is 1. The Bertz CT molecular complexity index is 773. The standard InChI is InChI=1S/C17H12N2O/c18-10-13-5-7-14(8-6-13)12-20-16-9-15-3-1-2-4-17(15)19-11-16/h1-9,11H,12H2. The van der Waals surface area contributed by atoms with Gasteiger partial charge in [-0.1, -0.05) is 30.3 Å². The van der Waals surface area contributed by atoms with E-state index < -0.39 is 0 Å². The van der Waals surface area contributed by atoms with Crippen LogP contribution in [0.4, 0.5) is 0 Å². The maximum atomic E-state index is 8.75.